The first kappa shape index (κ1) is 59.6. The molecule has 370 valence electrons. The van der Waals surface area contributed by atoms with Gasteiger partial charge in [0.1, 0.15) is 0 Å². The summed E-state index contributed by atoms with van der Waals surface area (Å²) in [6.07, 6.45) is 59.6. The zero-order chi connectivity index (χ0) is 46.4. The highest BCUT2D eigenvalue weighted by molar-refractivity contribution is 7.85. The third-order valence-corrected chi connectivity index (χ3v) is 13.4. The SMILES string of the molecule is CCCCCCCCCCCC/C=C/CCCCCCCCCCOC(=O)c1ccc(S(=O)(=O)O)cc1C(=O)OCCCCCCCCCC/C=C/CCCCCCCCCCCC. The highest BCUT2D eigenvalue weighted by atomic mass is 32.2. The predicted molar refractivity (Wildman–Crippen MR) is 271 cm³/mol. The van der Waals surface area contributed by atoms with E-state index in [0.717, 1.165) is 57.1 Å². The van der Waals surface area contributed by atoms with Gasteiger partial charge in [-0.15, -0.1) is 0 Å². The molecule has 0 aliphatic rings. The maximum absolute atomic E-state index is 13.0. The summed E-state index contributed by atoms with van der Waals surface area (Å²) in [5.41, 5.74) is -0.269. The predicted octanol–water partition coefficient (Wildman–Crippen LogP) is 18.0. The summed E-state index contributed by atoms with van der Waals surface area (Å²) in [6.45, 7) is 4.94. The van der Waals surface area contributed by atoms with Crippen molar-refractivity contribution in [3.8, 4) is 0 Å². The number of carbonyl (C=O) groups excluding carboxylic acids is 2. The lowest BCUT2D eigenvalue weighted by molar-refractivity contribution is 0.0450. The van der Waals surface area contributed by atoms with Gasteiger partial charge in [0.15, 0.2) is 0 Å². The van der Waals surface area contributed by atoms with Crippen LogP contribution in [0.1, 0.15) is 291 Å². The van der Waals surface area contributed by atoms with Gasteiger partial charge in [-0.25, -0.2) is 9.59 Å². The second-order valence-electron chi connectivity index (χ2n) is 18.6. The number of ether oxygens (including phenoxy) is 2. The Labute approximate surface area is 394 Å². The van der Waals surface area contributed by atoms with Crippen molar-refractivity contribution in [2.45, 2.75) is 276 Å². The van der Waals surface area contributed by atoms with Gasteiger partial charge in [-0.1, -0.05) is 231 Å². The molecule has 0 fully saturated rings. The van der Waals surface area contributed by atoms with E-state index in [4.69, 9.17) is 9.47 Å². The summed E-state index contributed by atoms with van der Waals surface area (Å²) in [7, 11) is -4.57. The molecule has 1 N–H and O–H groups in total. The van der Waals surface area contributed by atoms with E-state index in [0.29, 0.717) is 6.42 Å². The van der Waals surface area contributed by atoms with Crippen LogP contribution in [0.25, 0.3) is 0 Å². The summed E-state index contributed by atoms with van der Waals surface area (Å²) in [5, 5.41) is 0. The molecule has 0 amide bonds. The van der Waals surface area contributed by atoms with Gasteiger partial charge in [-0.05, 0) is 82.4 Å². The van der Waals surface area contributed by atoms with Crippen molar-refractivity contribution in [1.29, 1.82) is 0 Å². The Morgan fingerprint density at radius 1 is 0.406 bits per heavy atom. The lowest BCUT2D eigenvalue weighted by Gasteiger charge is -2.11. The number of benzene rings is 1. The molecule has 0 heterocycles. The number of hydrogen-bond donors (Lipinski definition) is 1. The van der Waals surface area contributed by atoms with Crippen molar-refractivity contribution in [2.75, 3.05) is 13.2 Å². The second kappa shape index (κ2) is 44.4. The molecule has 8 heteroatoms. The zero-order valence-electron chi connectivity index (χ0n) is 41.5. The molecule has 0 unspecified atom stereocenters. The van der Waals surface area contributed by atoms with Crippen LogP contribution in [0.5, 0.6) is 0 Å². The zero-order valence-corrected chi connectivity index (χ0v) is 42.4. The fraction of sp³-hybridized carbons (Fsp3) is 0.786. The molecule has 64 heavy (non-hydrogen) atoms. The molecule has 0 bridgehead atoms. The van der Waals surface area contributed by atoms with E-state index in [1.54, 1.807) is 0 Å². The molecule has 0 saturated carbocycles. The van der Waals surface area contributed by atoms with Gasteiger partial charge < -0.3 is 9.47 Å². The Bertz CT molecular complexity index is 1400. The van der Waals surface area contributed by atoms with E-state index in [9.17, 15) is 22.6 Å². The molecule has 0 radical (unpaired) electrons. The minimum atomic E-state index is -4.57. The average molecular weight is 915 g/mol. The highest BCUT2D eigenvalue weighted by Gasteiger charge is 2.23. The van der Waals surface area contributed by atoms with Crippen molar-refractivity contribution in [3.63, 3.8) is 0 Å². The lowest BCUT2D eigenvalue weighted by Crippen LogP contribution is -2.16. The highest BCUT2D eigenvalue weighted by Crippen LogP contribution is 2.20. The topological polar surface area (TPSA) is 107 Å². The average Bonchev–Trinajstić information content (AvgIpc) is 3.28. The largest absolute Gasteiger partial charge is 0.462 e. The molecule has 0 aliphatic carbocycles. The van der Waals surface area contributed by atoms with Gasteiger partial charge in [-0.2, -0.15) is 8.42 Å². The lowest BCUT2D eigenvalue weighted by atomic mass is 10.1. The summed E-state index contributed by atoms with van der Waals surface area (Å²) >= 11 is 0. The monoisotopic (exact) mass is 915 g/mol. The number of carbonyl (C=O) groups is 2. The van der Waals surface area contributed by atoms with Gasteiger partial charge in [0.05, 0.1) is 29.2 Å². The number of esters is 2. The van der Waals surface area contributed by atoms with E-state index in [2.05, 4.69) is 38.2 Å². The maximum Gasteiger partial charge on any atom is 0.339 e. The van der Waals surface area contributed by atoms with E-state index >= 15 is 0 Å². The van der Waals surface area contributed by atoms with Crippen LogP contribution < -0.4 is 0 Å². The van der Waals surface area contributed by atoms with Crippen LogP contribution in [0.15, 0.2) is 47.4 Å². The summed E-state index contributed by atoms with van der Waals surface area (Å²) in [6, 6.07) is 3.32. The van der Waals surface area contributed by atoms with Crippen LogP contribution >= 0.6 is 0 Å². The van der Waals surface area contributed by atoms with Crippen LogP contribution in [0.4, 0.5) is 0 Å². The number of unbranched alkanes of at least 4 members (excludes halogenated alkanes) is 36. The normalized spacial score (nSPS) is 11.9. The summed E-state index contributed by atoms with van der Waals surface area (Å²) < 4.78 is 44.2. The van der Waals surface area contributed by atoms with E-state index in [-0.39, 0.29) is 24.3 Å². The molecule has 1 aromatic carbocycles. The fourth-order valence-electron chi connectivity index (χ4n) is 8.34. The third-order valence-electron chi connectivity index (χ3n) is 12.5. The molecule has 0 spiro atoms. The van der Waals surface area contributed by atoms with Crippen molar-refractivity contribution < 1.29 is 32.0 Å². The van der Waals surface area contributed by atoms with Gasteiger partial charge >= 0.3 is 11.9 Å². The van der Waals surface area contributed by atoms with Crippen molar-refractivity contribution in [3.05, 3.63) is 53.6 Å². The van der Waals surface area contributed by atoms with Gasteiger partial charge in [0, 0.05) is 0 Å². The minimum absolute atomic E-state index is 0.0596. The van der Waals surface area contributed by atoms with E-state index in [1.165, 1.54) is 212 Å². The standard InChI is InChI=1S/C56H98O7S/c1-3-5-7-9-11-13-15-17-19-21-23-25-27-29-31-33-35-37-39-41-43-45-49-62-55(57)53-48-47-52(64(59,60)61)51-54(53)56(58)63-50-46-44-42-40-38-36-34-32-30-28-26-24-22-20-18-16-14-12-10-8-6-4-2/h25-28,47-48,51H,3-24,29-46,49-50H2,1-2H3,(H,59,60,61)/b27-25+,28-26+. The quantitative estimate of drug-likeness (QED) is 0.0300. The Balaban J connectivity index is 2.11. The minimum Gasteiger partial charge on any atom is -0.462 e. The molecule has 0 saturated heterocycles. The molecule has 0 aliphatic heterocycles. The smallest absolute Gasteiger partial charge is 0.339 e. The molecular weight excluding hydrogens is 817 g/mol. The van der Waals surface area contributed by atoms with Crippen LogP contribution in [-0.2, 0) is 19.6 Å². The number of hydrogen-bond acceptors (Lipinski definition) is 6. The first-order valence-electron chi connectivity index (χ1n) is 27.1. The van der Waals surface area contributed by atoms with Gasteiger partial charge in [0.25, 0.3) is 10.1 Å². The first-order valence-corrected chi connectivity index (χ1v) is 28.5. The molecule has 7 nitrogen and oxygen atoms in total. The van der Waals surface area contributed by atoms with Gasteiger partial charge in [0.2, 0.25) is 0 Å². The maximum atomic E-state index is 13.0. The van der Waals surface area contributed by atoms with E-state index in [1.807, 2.05) is 0 Å². The van der Waals surface area contributed by atoms with Crippen LogP contribution in [0.2, 0.25) is 0 Å². The number of rotatable bonds is 47. The molecule has 1 rings (SSSR count). The first-order chi connectivity index (χ1) is 31.3. The Kier molecular flexibility index (Phi) is 41.3. The molecule has 0 aromatic heterocycles. The van der Waals surface area contributed by atoms with Crippen molar-refractivity contribution in [1.82, 2.24) is 0 Å². The van der Waals surface area contributed by atoms with Crippen LogP contribution in [-0.4, -0.2) is 38.1 Å². The Hall–Kier alpha value is -2.45. The van der Waals surface area contributed by atoms with Crippen molar-refractivity contribution in [2.24, 2.45) is 0 Å². The van der Waals surface area contributed by atoms with Crippen molar-refractivity contribution >= 4 is 22.1 Å². The summed E-state index contributed by atoms with van der Waals surface area (Å²) in [4.78, 5) is 25.5. The molecule has 1 aromatic rings. The van der Waals surface area contributed by atoms with Gasteiger partial charge in [-0.3, -0.25) is 4.55 Å². The fourth-order valence-corrected chi connectivity index (χ4v) is 8.84. The number of allylic oxidation sites excluding steroid dienone is 4. The Morgan fingerprint density at radius 2 is 0.672 bits per heavy atom. The Morgan fingerprint density at radius 3 is 0.969 bits per heavy atom. The van der Waals surface area contributed by atoms with Crippen LogP contribution in [0, 0.1) is 0 Å². The second-order valence-corrected chi connectivity index (χ2v) is 20.0. The van der Waals surface area contributed by atoms with E-state index < -0.39 is 27.0 Å². The molecule has 0 atom stereocenters. The third kappa shape index (κ3) is 36.7. The summed E-state index contributed by atoms with van der Waals surface area (Å²) in [5.74, 6) is -1.50. The molecular formula is C56H98O7S. The van der Waals surface area contributed by atoms with Crippen LogP contribution in [0.3, 0.4) is 0 Å².